The average molecular weight is 299 g/mol. The Morgan fingerprint density at radius 1 is 1.68 bits per heavy atom. The number of likely N-dealkylation sites (tertiary alicyclic amines) is 1. The van der Waals surface area contributed by atoms with Crippen molar-refractivity contribution in [1.29, 1.82) is 0 Å². The standard InChI is InChI=1S/C13H21N3OS2/c1-3-16-5-4-10(7-16)13(17)14-6-11-8-19-12(15-11)9-18-2/h8,10H,3-7,9H2,1-2H3,(H,14,17)/t10-/m1/s1. The van der Waals surface area contributed by atoms with Crippen LogP contribution in [0.2, 0.25) is 0 Å². The van der Waals surface area contributed by atoms with Gasteiger partial charge in [0.05, 0.1) is 18.2 Å². The van der Waals surface area contributed by atoms with Crippen LogP contribution >= 0.6 is 23.1 Å². The first-order valence-corrected chi connectivity index (χ1v) is 8.92. The zero-order valence-electron chi connectivity index (χ0n) is 11.5. The first kappa shape index (κ1) is 14.8. The van der Waals surface area contributed by atoms with Gasteiger partial charge in [-0.2, -0.15) is 11.8 Å². The van der Waals surface area contributed by atoms with Crippen molar-refractivity contribution in [2.45, 2.75) is 25.6 Å². The van der Waals surface area contributed by atoms with E-state index in [1.807, 2.05) is 5.38 Å². The fraction of sp³-hybridized carbons (Fsp3) is 0.692. The lowest BCUT2D eigenvalue weighted by atomic mass is 10.1. The molecule has 1 aromatic rings. The van der Waals surface area contributed by atoms with Crippen molar-refractivity contribution in [3.8, 4) is 0 Å². The number of hydrogen-bond donors (Lipinski definition) is 1. The highest BCUT2D eigenvalue weighted by Crippen LogP contribution is 2.17. The molecule has 0 aliphatic carbocycles. The van der Waals surface area contributed by atoms with Gasteiger partial charge in [-0.1, -0.05) is 6.92 Å². The van der Waals surface area contributed by atoms with E-state index in [2.05, 4.69) is 28.4 Å². The minimum absolute atomic E-state index is 0.157. The van der Waals surface area contributed by atoms with E-state index in [4.69, 9.17) is 0 Å². The van der Waals surface area contributed by atoms with Gasteiger partial charge in [0.1, 0.15) is 5.01 Å². The van der Waals surface area contributed by atoms with Crippen molar-refractivity contribution in [2.75, 3.05) is 25.9 Å². The normalized spacial score (nSPS) is 19.8. The summed E-state index contributed by atoms with van der Waals surface area (Å²) < 4.78 is 0. The lowest BCUT2D eigenvalue weighted by molar-refractivity contribution is -0.124. The highest BCUT2D eigenvalue weighted by Gasteiger charge is 2.26. The van der Waals surface area contributed by atoms with Crippen LogP contribution in [0.1, 0.15) is 24.0 Å². The molecule has 1 atom stereocenters. The molecule has 0 radical (unpaired) electrons. The van der Waals surface area contributed by atoms with Crippen LogP contribution in [-0.2, 0) is 17.1 Å². The molecule has 0 saturated carbocycles. The third-order valence-corrected chi connectivity index (χ3v) is 5.04. The second-order valence-corrected chi connectivity index (χ2v) is 6.57. The van der Waals surface area contributed by atoms with Gasteiger partial charge in [0.2, 0.25) is 5.91 Å². The predicted octanol–water partition coefficient (Wildman–Crippen LogP) is 1.96. The first-order chi connectivity index (χ1) is 9.22. The Labute approximate surface area is 123 Å². The highest BCUT2D eigenvalue weighted by atomic mass is 32.2. The van der Waals surface area contributed by atoms with Crippen LogP contribution in [0, 0.1) is 5.92 Å². The Balaban J connectivity index is 1.76. The van der Waals surface area contributed by atoms with E-state index in [0.717, 1.165) is 42.5 Å². The number of carbonyl (C=O) groups is 1. The first-order valence-electron chi connectivity index (χ1n) is 6.65. The Morgan fingerprint density at radius 3 is 3.21 bits per heavy atom. The van der Waals surface area contributed by atoms with E-state index in [-0.39, 0.29) is 11.8 Å². The van der Waals surface area contributed by atoms with Crippen LogP contribution in [0.15, 0.2) is 5.38 Å². The molecule has 0 bridgehead atoms. The van der Waals surface area contributed by atoms with Crippen LogP contribution in [0.5, 0.6) is 0 Å². The maximum absolute atomic E-state index is 12.0. The van der Waals surface area contributed by atoms with E-state index >= 15 is 0 Å². The zero-order chi connectivity index (χ0) is 13.7. The van der Waals surface area contributed by atoms with Crippen LogP contribution in [-0.4, -0.2) is 41.7 Å². The number of nitrogens with zero attached hydrogens (tertiary/aromatic N) is 2. The smallest absolute Gasteiger partial charge is 0.224 e. The fourth-order valence-electron chi connectivity index (χ4n) is 2.28. The number of rotatable bonds is 6. The molecule has 0 spiro atoms. The van der Waals surface area contributed by atoms with Crippen molar-refractivity contribution < 1.29 is 4.79 Å². The maximum Gasteiger partial charge on any atom is 0.224 e. The fourth-order valence-corrected chi connectivity index (χ4v) is 3.79. The van der Waals surface area contributed by atoms with Gasteiger partial charge < -0.3 is 10.2 Å². The van der Waals surface area contributed by atoms with Gasteiger partial charge in [0, 0.05) is 17.7 Å². The molecule has 6 heteroatoms. The monoisotopic (exact) mass is 299 g/mol. The van der Waals surface area contributed by atoms with Crippen molar-refractivity contribution in [1.82, 2.24) is 15.2 Å². The Hall–Kier alpha value is -0.590. The second-order valence-electron chi connectivity index (χ2n) is 4.76. The SMILES string of the molecule is CCN1CC[C@@H](C(=O)NCc2csc(CSC)n2)C1. The lowest BCUT2D eigenvalue weighted by Gasteiger charge is -2.12. The van der Waals surface area contributed by atoms with Gasteiger partial charge in [-0.3, -0.25) is 4.79 Å². The largest absolute Gasteiger partial charge is 0.350 e. The van der Waals surface area contributed by atoms with Gasteiger partial charge in [-0.15, -0.1) is 11.3 Å². The van der Waals surface area contributed by atoms with Crippen LogP contribution in [0.4, 0.5) is 0 Å². The summed E-state index contributed by atoms with van der Waals surface area (Å²) in [6.07, 6.45) is 3.05. The molecule has 0 unspecified atom stereocenters. The van der Waals surface area contributed by atoms with E-state index in [9.17, 15) is 4.79 Å². The number of hydrogen-bond acceptors (Lipinski definition) is 5. The molecule has 106 valence electrons. The number of amides is 1. The quantitative estimate of drug-likeness (QED) is 0.872. The molecule has 2 heterocycles. The molecule has 1 aliphatic heterocycles. The minimum atomic E-state index is 0.157. The molecule has 1 saturated heterocycles. The van der Waals surface area contributed by atoms with Crippen LogP contribution in [0.25, 0.3) is 0 Å². The van der Waals surface area contributed by atoms with E-state index in [1.54, 1.807) is 23.1 Å². The van der Waals surface area contributed by atoms with Gasteiger partial charge in [0.25, 0.3) is 0 Å². The third-order valence-electron chi connectivity index (χ3n) is 3.40. The summed E-state index contributed by atoms with van der Waals surface area (Å²) >= 11 is 3.44. The molecule has 2 rings (SSSR count). The minimum Gasteiger partial charge on any atom is -0.350 e. The summed E-state index contributed by atoms with van der Waals surface area (Å²) in [5.74, 6) is 1.28. The lowest BCUT2D eigenvalue weighted by Crippen LogP contribution is -2.32. The number of thiazole rings is 1. The van der Waals surface area contributed by atoms with E-state index in [0.29, 0.717) is 6.54 Å². The molecule has 19 heavy (non-hydrogen) atoms. The number of thioether (sulfide) groups is 1. The molecule has 1 N–H and O–H groups in total. The number of nitrogens with one attached hydrogen (secondary N) is 1. The molecule has 1 aliphatic rings. The summed E-state index contributed by atoms with van der Waals surface area (Å²) in [5, 5.41) is 6.19. The van der Waals surface area contributed by atoms with E-state index in [1.165, 1.54) is 0 Å². The molecule has 1 fully saturated rings. The maximum atomic E-state index is 12.0. The molecular formula is C13H21N3OS2. The van der Waals surface area contributed by atoms with Crippen LogP contribution < -0.4 is 5.32 Å². The van der Waals surface area contributed by atoms with Gasteiger partial charge in [-0.05, 0) is 25.8 Å². The Bertz CT molecular complexity index is 422. The van der Waals surface area contributed by atoms with Gasteiger partial charge in [-0.25, -0.2) is 4.98 Å². The number of aromatic nitrogens is 1. The summed E-state index contributed by atoms with van der Waals surface area (Å²) in [6, 6.07) is 0. The summed E-state index contributed by atoms with van der Waals surface area (Å²) in [4.78, 5) is 18.9. The van der Waals surface area contributed by atoms with Crippen LogP contribution in [0.3, 0.4) is 0 Å². The molecule has 1 aromatic heterocycles. The van der Waals surface area contributed by atoms with E-state index < -0.39 is 0 Å². The van der Waals surface area contributed by atoms with Crippen molar-refractivity contribution in [3.63, 3.8) is 0 Å². The van der Waals surface area contributed by atoms with Gasteiger partial charge in [0.15, 0.2) is 0 Å². The summed E-state index contributed by atoms with van der Waals surface area (Å²) in [6.45, 7) is 5.68. The van der Waals surface area contributed by atoms with Crippen molar-refractivity contribution in [2.24, 2.45) is 5.92 Å². The Kier molecular flexibility index (Phi) is 5.66. The predicted molar refractivity (Wildman–Crippen MR) is 81.4 cm³/mol. The molecular weight excluding hydrogens is 278 g/mol. The van der Waals surface area contributed by atoms with Crippen molar-refractivity contribution in [3.05, 3.63) is 16.1 Å². The highest BCUT2D eigenvalue weighted by molar-refractivity contribution is 7.97. The number of carbonyl (C=O) groups excluding carboxylic acids is 1. The zero-order valence-corrected chi connectivity index (χ0v) is 13.1. The third kappa shape index (κ3) is 4.19. The molecule has 0 aromatic carbocycles. The summed E-state index contributed by atoms with van der Waals surface area (Å²) in [7, 11) is 0. The molecule has 1 amide bonds. The Morgan fingerprint density at radius 2 is 2.53 bits per heavy atom. The average Bonchev–Trinajstić information content (AvgIpc) is 3.05. The molecule has 4 nitrogen and oxygen atoms in total. The topological polar surface area (TPSA) is 45.2 Å². The summed E-state index contributed by atoms with van der Waals surface area (Å²) in [5.41, 5.74) is 0.979. The van der Waals surface area contributed by atoms with Crippen molar-refractivity contribution >= 4 is 29.0 Å². The second kappa shape index (κ2) is 7.26. The van der Waals surface area contributed by atoms with Gasteiger partial charge >= 0.3 is 0 Å².